The minimum absolute atomic E-state index is 0.0330. The van der Waals surface area contributed by atoms with Gasteiger partial charge in [-0.15, -0.1) is 0 Å². The molecule has 3 rings (SSSR count). The van der Waals surface area contributed by atoms with Gasteiger partial charge >= 0.3 is 12.4 Å². The van der Waals surface area contributed by atoms with Crippen molar-refractivity contribution in [3.63, 3.8) is 0 Å². The second-order valence-electron chi connectivity index (χ2n) is 8.54. The van der Waals surface area contributed by atoms with Crippen molar-refractivity contribution >= 4 is 11.0 Å². The van der Waals surface area contributed by atoms with Gasteiger partial charge in [0.2, 0.25) is 0 Å². The molecule has 2 heterocycles. The lowest BCUT2D eigenvalue weighted by Gasteiger charge is -2.32. The molecule has 0 amide bonds. The van der Waals surface area contributed by atoms with Crippen LogP contribution in [-0.2, 0) is 12.6 Å². The molecule has 1 N–H and O–H groups in total. The number of halogens is 7. The molecule has 174 valence electrons. The van der Waals surface area contributed by atoms with E-state index in [1.54, 1.807) is 20.8 Å². The van der Waals surface area contributed by atoms with E-state index < -0.39 is 52.9 Å². The van der Waals surface area contributed by atoms with Gasteiger partial charge in [-0.3, -0.25) is 4.79 Å². The van der Waals surface area contributed by atoms with Gasteiger partial charge in [0.1, 0.15) is 17.0 Å². The second kappa shape index (κ2) is 7.59. The number of aromatic amines is 1. The largest absolute Gasteiger partial charge is 0.419 e. The van der Waals surface area contributed by atoms with E-state index in [1.165, 1.54) is 6.92 Å². The zero-order valence-corrected chi connectivity index (χ0v) is 17.4. The van der Waals surface area contributed by atoms with E-state index in [1.807, 2.05) is 0 Å². The molecular formula is C20H19F7N4O. The van der Waals surface area contributed by atoms with Crippen molar-refractivity contribution in [2.45, 2.75) is 52.5 Å². The summed E-state index contributed by atoms with van der Waals surface area (Å²) in [5.74, 6) is -1.42. The molecule has 0 aliphatic rings. The maximum atomic E-state index is 14.3. The van der Waals surface area contributed by atoms with E-state index in [2.05, 4.69) is 15.1 Å². The van der Waals surface area contributed by atoms with Crippen LogP contribution < -0.4 is 5.56 Å². The number of rotatable bonds is 3. The van der Waals surface area contributed by atoms with Gasteiger partial charge in [0, 0.05) is 0 Å². The predicted octanol–water partition coefficient (Wildman–Crippen LogP) is 5.33. The number of fused-ring (bicyclic) bond motifs is 1. The molecule has 1 atom stereocenters. The molecule has 2 aromatic heterocycles. The molecule has 0 aliphatic heterocycles. The van der Waals surface area contributed by atoms with Gasteiger partial charge in [0.25, 0.3) is 5.56 Å². The summed E-state index contributed by atoms with van der Waals surface area (Å²) in [6.07, 6.45) is -11.1. The maximum absolute atomic E-state index is 14.3. The van der Waals surface area contributed by atoms with Crippen LogP contribution in [0.25, 0.3) is 11.0 Å². The molecule has 0 spiro atoms. The first kappa shape index (κ1) is 23.7. The summed E-state index contributed by atoms with van der Waals surface area (Å²) in [4.78, 5) is 18.9. The number of benzene rings is 1. The fourth-order valence-corrected chi connectivity index (χ4v) is 3.66. The number of nitrogens with zero attached hydrogens (tertiary/aromatic N) is 3. The number of hydrogen-bond donors (Lipinski definition) is 1. The Morgan fingerprint density at radius 2 is 1.72 bits per heavy atom. The zero-order valence-electron chi connectivity index (χ0n) is 17.4. The molecule has 0 saturated heterocycles. The molecule has 3 aromatic rings. The van der Waals surface area contributed by atoms with Crippen molar-refractivity contribution in [3.05, 3.63) is 57.0 Å². The molecule has 5 nitrogen and oxygen atoms in total. The summed E-state index contributed by atoms with van der Waals surface area (Å²) in [7, 11) is 0. The fraction of sp³-hybridized carbons (Fsp3) is 0.450. The Hall–Kier alpha value is -2.92. The summed E-state index contributed by atoms with van der Waals surface area (Å²) >= 11 is 0. The van der Waals surface area contributed by atoms with Crippen LogP contribution >= 0.6 is 0 Å². The van der Waals surface area contributed by atoms with Crippen molar-refractivity contribution in [2.24, 2.45) is 5.41 Å². The second-order valence-corrected chi connectivity index (χ2v) is 8.54. The lowest BCUT2D eigenvalue weighted by Crippen LogP contribution is -2.27. The van der Waals surface area contributed by atoms with Gasteiger partial charge in [-0.2, -0.15) is 31.4 Å². The Morgan fingerprint density at radius 3 is 2.22 bits per heavy atom. The first-order valence-corrected chi connectivity index (χ1v) is 9.40. The van der Waals surface area contributed by atoms with Crippen molar-refractivity contribution in [1.29, 1.82) is 0 Å². The average Bonchev–Trinajstić information content (AvgIpc) is 2.88. The molecule has 0 unspecified atom stereocenters. The lowest BCUT2D eigenvalue weighted by atomic mass is 9.82. The molecule has 0 bridgehead atoms. The monoisotopic (exact) mass is 464 g/mol. The molecule has 0 aliphatic carbocycles. The highest BCUT2D eigenvalue weighted by Gasteiger charge is 2.38. The predicted molar refractivity (Wildman–Crippen MR) is 102 cm³/mol. The first-order chi connectivity index (χ1) is 14.5. The van der Waals surface area contributed by atoms with E-state index in [0.717, 1.165) is 10.7 Å². The third kappa shape index (κ3) is 4.63. The summed E-state index contributed by atoms with van der Waals surface area (Å²) in [6, 6.07) is 1.25. The summed E-state index contributed by atoms with van der Waals surface area (Å²) < 4.78 is 93.7. The van der Waals surface area contributed by atoms with Crippen LogP contribution in [0.15, 0.2) is 23.0 Å². The third-order valence-corrected chi connectivity index (χ3v) is 4.80. The van der Waals surface area contributed by atoms with E-state index >= 15 is 0 Å². The van der Waals surface area contributed by atoms with E-state index in [4.69, 9.17) is 0 Å². The topological polar surface area (TPSA) is 63.6 Å². The minimum Gasteiger partial charge on any atom is -0.310 e. The SMILES string of the molecule is Cc1nc2c(c(CC(F)(F)F)nn2[C@H](c2ccc(C(F)(F)F)c(F)c2)C(C)(C)C)c(=O)[nH]1. The van der Waals surface area contributed by atoms with E-state index in [0.29, 0.717) is 12.1 Å². The van der Waals surface area contributed by atoms with Crippen LogP contribution in [0.4, 0.5) is 30.7 Å². The van der Waals surface area contributed by atoms with Crippen molar-refractivity contribution in [2.75, 3.05) is 0 Å². The Balaban J connectivity index is 2.32. The number of nitrogens with one attached hydrogen (secondary N) is 1. The van der Waals surface area contributed by atoms with Gasteiger partial charge in [-0.1, -0.05) is 26.8 Å². The molecule has 0 fully saturated rings. The Bertz CT molecular complexity index is 1220. The number of alkyl halides is 6. The van der Waals surface area contributed by atoms with Crippen LogP contribution in [0.5, 0.6) is 0 Å². The summed E-state index contributed by atoms with van der Waals surface area (Å²) in [5.41, 5.74) is -3.88. The average molecular weight is 464 g/mol. The quantitative estimate of drug-likeness (QED) is 0.534. The molecule has 0 radical (unpaired) electrons. The highest BCUT2D eigenvalue weighted by Crippen LogP contribution is 2.40. The molecule has 1 aromatic carbocycles. The Kier molecular flexibility index (Phi) is 5.63. The molecule has 32 heavy (non-hydrogen) atoms. The van der Waals surface area contributed by atoms with Crippen molar-refractivity contribution in [3.8, 4) is 0 Å². The van der Waals surface area contributed by atoms with Crippen LogP contribution in [0.1, 0.15) is 49.5 Å². The van der Waals surface area contributed by atoms with Crippen molar-refractivity contribution < 1.29 is 30.7 Å². The van der Waals surface area contributed by atoms with Crippen LogP contribution in [0, 0.1) is 18.2 Å². The van der Waals surface area contributed by atoms with Gasteiger partial charge in [0.15, 0.2) is 5.65 Å². The fourth-order valence-electron chi connectivity index (χ4n) is 3.66. The smallest absolute Gasteiger partial charge is 0.310 e. The van der Waals surface area contributed by atoms with Crippen LogP contribution in [0.3, 0.4) is 0 Å². The van der Waals surface area contributed by atoms with E-state index in [9.17, 15) is 35.5 Å². The highest BCUT2D eigenvalue weighted by atomic mass is 19.4. The van der Waals surface area contributed by atoms with Crippen molar-refractivity contribution in [1.82, 2.24) is 19.7 Å². The Labute approximate surface area is 177 Å². The number of aromatic nitrogens is 4. The number of hydrogen-bond acceptors (Lipinski definition) is 3. The number of H-pyrrole nitrogens is 1. The normalized spacial score (nSPS) is 14.2. The van der Waals surface area contributed by atoms with Gasteiger partial charge in [-0.25, -0.2) is 14.1 Å². The summed E-state index contributed by atoms with van der Waals surface area (Å²) in [5, 5.41) is 3.61. The molecular weight excluding hydrogens is 445 g/mol. The lowest BCUT2D eigenvalue weighted by molar-refractivity contribution is -0.140. The first-order valence-electron chi connectivity index (χ1n) is 9.40. The standard InChI is InChI=1S/C20H19F7N4O/c1-9-28-16-14(17(32)29-9)13(8-19(22,23)24)30-31(16)15(18(2,3)4)10-5-6-11(12(21)7-10)20(25,26)27/h5-7,15H,8H2,1-4H3,(H,28,29,32)/t15-/m1/s1. The van der Waals surface area contributed by atoms with Gasteiger partial charge < -0.3 is 4.98 Å². The maximum Gasteiger partial charge on any atom is 0.419 e. The third-order valence-electron chi connectivity index (χ3n) is 4.80. The zero-order chi connectivity index (χ0) is 24.2. The van der Waals surface area contributed by atoms with Gasteiger partial charge in [0.05, 0.1) is 23.7 Å². The number of aryl methyl sites for hydroxylation is 1. The Morgan fingerprint density at radius 1 is 1.09 bits per heavy atom. The van der Waals surface area contributed by atoms with E-state index in [-0.39, 0.29) is 22.4 Å². The molecule has 0 saturated carbocycles. The highest BCUT2D eigenvalue weighted by molar-refractivity contribution is 5.77. The summed E-state index contributed by atoms with van der Waals surface area (Å²) in [6.45, 7) is 6.39. The van der Waals surface area contributed by atoms with Crippen LogP contribution in [0.2, 0.25) is 0 Å². The minimum atomic E-state index is -4.91. The van der Waals surface area contributed by atoms with Crippen LogP contribution in [-0.4, -0.2) is 25.9 Å². The van der Waals surface area contributed by atoms with Gasteiger partial charge in [-0.05, 0) is 30.0 Å². The molecule has 12 heteroatoms.